The number of fused-ring (bicyclic) bond motifs is 1. The van der Waals surface area contributed by atoms with Gasteiger partial charge in [0, 0.05) is 33.9 Å². The number of hydrogen-bond donors (Lipinski definition) is 1. The molecule has 0 saturated heterocycles. The van der Waals surface area contributed by atoms with Crippen LogP contribution in [0.2, 0.25) is 0 Å². The molecule has 0 fully saturated rings. The highest BCUT2D eigenvalue weighted by Crippen LogP contribution is 2.13. The van der Waals surface area contributed by atoms with Gasteiger partial charge < -0.3 is 10.1 Å². The predicted molar refractivity (Wildman–Crippen MR) is 81.0 cm³/mol. The zero-order chi connectivity index (χ0) is 14.5. The number of rotatable bonds is 7. The highest BCUT2D eigenvalue weighted by Gasteiger charge is 2.07. The van der Waals surface area contributed by atoms with Gasteiger partial charge in [0.2, 0.25) is 0 Å². The van der Waals surface area contributed by atoms with Gasteiger partial charge in [0.1, 0.15) is 0 Å². The number of benzene rings is 1. The topological polar surface area (TPSA) is 48.2 Å². The molecule has 0 aliphatic rings. The van der Waals surface area contributed by atoms with Crippen molar-refractivity contribution in [1.82, 2.24) is 14.5 Å². The number of nitrogens with one attached hydrogen (secondary N) is 1. The van der Waals surface area contributed by atoms with Crippen molar-refractivity contribution in [2.75, 3.05) is 19.8 Å². The largest absolute Gasteiger partial charge is 0.382 e. The molecule has 0 aliphatic heterocycles. The molecule has 1 heterocycles. The predicted octanol–water partition coefficient (Wildman–Crippen LogP) is 1.39. The third kappa shape index (κ3) is 3.11. The Morgan fingerprint density at radius 2 is 1.95 bits per heavy atom. The van der Waals surface area contributed by atoms with Crippen LogP contribution in [0.4, 0.5) is 0 Å². The lowest BCUT2D eigenvalue weighted by Gasteiger charge is -2.06. The summed E-state index contributed by atoms with van der Waals surface area (Å²) in [6.07, 6.45) is 1.01. The van der Waals surface area contributed by atoms with E-state index < -0.39 is 0 Å². The van der Waals surface area contributed by atoms with E-state index in [9.17, 15) is 4.79 Å². The zero-order valence-electron chi connectivity index (χ0n) is 12.5. The lowest BCUT2D eigenvalue weighted by molar-refractivity contribution is 0.144. The molecule has 5 heteroatoms. The summed E-state index contributed by atoms with van der Waals surface area (Å²) in [4.78, 5) is 11.9. The van der Waals surface area contributed by atoms with Crippen LogP contribution in [-0.4, -0.2) is 28.9 Å². The monoisotopic (exact) mass is 277 g/mol. The van der Waals surface area contributed by atoms with Gasteiger partial charge in [-0.2, -0.15) is 0 Å². The number of aryl methyl sites for hydroxylation is 2. The minimum Gasteiger partial charge on any atom is -0.382 e. The molecular formula is C15H23N3O2. The third-order valence-electron chi connectivity index (χ3n) is 3.51. The SMILES string of the molecule is CCOCCCNCc1ccc2c(c1)n(C)c(=O)n2C. The molecule has 0 saturated carbocycles. The molecule has 0 bridgehead atoms. The first-order valence-corrected chi connectivity index (χ1v) is 7.08. The number of nitrogens with zero attached hydrogens (tertiary/aromatic N) is 2. The Bertz CT molecular complexity index is 628. The maximum absolute atomic E-state index is 11.9. The van der Waals surface area contributed by atoms with Crippen LogP contribution in [0.5, 0.6) is 0 Å². The summed E-state index contributed by atoms with van der Waals surface area (Å²) in [6, 6.07) is 6.15. The van der Waals surface area contributed by atoms with Gasteiger partial charge in [0.15, 0.2) is 0 Å². The van der Waals surface area contributed by atoms with Crippen molar-refractivity contribution in [2.45, 2.75) is 19.9 Å². The number of hydrogen-bond acceptors (Lipinski definition) is 3. The highest BCUT2D eigenvalue weighted by atomic mass is 16.5. The van der Waals surface area contributed by atoms with Crippen LogP contribution >= 0.6 is 0 Å². The summed E-state index contributed by atoms with van der Waals surface area (Å²) in [5.74, 6) is 0. The Labute approximate surface area is 119 Å². The Kier molecular flexibility index (Phi) is 4.98. The van der Waals surface area contributed by atoms with Crippen molar-refractivity contribution >= 4 is 11.0 Å². The normalized spacial score (nSPS) is 11.3. The second-order valence-electron chi connectivity index (χ2n) is 4.95. The molecule has 0 atom stereocenters. The molecule has 1 N–H and O–H groups in total. The molecule has 5 nitrogen and oxygen atoms in total. The average molecular weight is 277 g/mol. The van der Waals surface area contributed by atoms with Gasteiger partial charge in [0.25, 0.3) is 0 Å². The summed E-state index contributed by atoms with van der Waals surface area (Å²) >= 11 is 0. The smallest absolute Gasteiger partial charge is 0.328 e. The van der Waals surface area contributed by atoms with Crippen LogP contribution in [0.3, 0.4) is 0 Å². The molecule has 110 valence electrons. The van der Waals surface area contributed by atoms with Gasteiger partial charge in [-0.3, -0.25) is 9.13 Å². The third-order valence-corrected chi connectivity index (χ3v) is 3.51. The van der Waals surface area contributed by atoms with Gasteiger partial charge in [-0.15, -0.1) is 0 Å². The van der Waals surface area contributed by atoms with Crippen LogP contribution in [0.25, 0.3) is 11.0 Å². The summed E-state index contributed by atoms with van der Waals surface area (Å²) in [5, 5.41) is 3.39. The fourth-order valence-corrected chi connectivity index (χ4v) is 2.34. The molecule has 1 aromatic carbocycles. The van der Waals surface area contributed by atoms with Crippen LogP contribution in [-0.2, 0) is 25.4 Å². The standard InChI is InChI=1S/C15H23N3O2/c1-4-20-9-5-8-16-11-12-6-7-13-14(10-12)18(3)15(19)17(13)2/h6-7,10,16H,4-5,8-9,11H2,1-3H3. The summed E-state index contributed by atoms with van der Waals surface area (Å²) < 4.78 is 8.66. The van der Waals surface area contributed by atoms with E-state index in [1.54, 1.807) is 16.2 Å². The molecule has 1 aromatic heterocycles. The van der Waals surface area contributed by atoms with Gasteiger partial charge in [0.05, 0.1) is 11.0 Å². The molecular weight excluding hydrogens is 254 g/mol. The molecule has 0 aliphatic carbocycles. The van der Waals surface area contributed by atoms with Crippen molar-refractivity contribution in [3.63, 3.8) is 0 Å². The van der Waals surface area contributed by atoms with Crippen molar-refractivity contribution in [3.05, 3.63) is 34.2 Å². The van der Waals surface area contributed by atoms with Crippen molar-refractivity contribution in [3.8, 4) is 0 Å². The van der Waals surface area contributed by atoms with E-state index in [4.69, 9.17) is 4.74 Å². The molecule has 0 spiro atoms. The fourth-order valence-electron chi connectivity index (χ4n) is 2.34. The Morgan fingerprint density at radius 3 is 2.70 bits per heavy atom. The number of aromatic nitrogens is 2. The Hall–Kier alpha value is -1.59. The first-order valence-electron chi connectivity index (χ1n) is 7.08. The highest BCUT2D eigenvalue weighted by molar-refractivity contribution is 5.76. The fraction of sp³-hybridized carbons (Fsp3) is 0.533. The van der Waals surface area contributed by atoms with Gasteiger partial charge in [-0.05, 0) is 37.6 Å². The second-order valence-corrected chi connectivity index (χ2v) is 4.95. The first-order chi connectivity index (χ1) is 9.65. The van der Waals surface area contributed by atoms with Crippen molar-refractivity contribution < 1.29 is 4.74 Å². The van der Waals surface area contributed by atoms with Crippen LogP contribution in [0, 0.1) is 0 Å². The average Bonchev–Trinajstić information content (AvgIpc) is 2.67. The minimum absolute atomic E-state index is 0.0156. The summed E-state index contributed by atoms with van der Waals surface area (Å²) in [6.45, 7) is 5.33. The second kappa shape index (κ2) is 6.72. The molecule has 0 radical (unpaired) electrons. The Balaban J connectivity index is 1.98. The van der Waals surface area contributed by atoms with E-state index in [0.717, 1.165) is 43.8 Å². The maximum atomic E-state index is 11.9. The van der Waals surface area contributed by atoms with Gasteiger partial charge in [-0.1, -0.05) is 6.07 Å². The lowest BCUT2D eigenvalue weighted by Crippen LogP contribution is -2.19. The van der Waals surface area contributed by atoms with E-state index in [1.165, 1.54) is 5.56 Å². The molecule has 2 rings (SSSR count). The summed E-state index contributed by atoms with van der Waals surface area (Å²) in [7, 11) is 3.61. The van der Waals surface area contributed by atoms with Crippen molar-refractivity contribution in [1.29, 1.82) is 0 Å². The van der Waals surface area contributed by atoms with Crippen LogP contribution in [0.15, 0.2) is 23.0 Å². The summed E-state index contributed by atoms with van der Waals surface area (Å²) in [5.41, 5.74) is 3.15. The van der Waals surface area contributed by atoms with E-state index in [2.05, 4.69) is 17.4 Å². The molecule has 0 unspecified atom stereocenters. The van der Waals surface area contributed by atoms with E-state index >= 15 is 0 Å². The van der Waals surface area contributed by atoms with Gasteiger partial charge in [-0.25, -0.2) is 4.79 Å². The van der Waals surface area contributed by atoms with E-state index in [-0.39, 0.29) is 5.69 Å². The minimum atomic E-state index is 0.0156. The van der Waals surface area contributed by atoms with E-state index in [1.807, 2.05) is 20.0 Å². The molecule has 20 heavy (non-hydrogen) atoms. The lowest BCUT2D eigenvalue weighted by atomic mass is 10.2. The maximum Gasteiger partial charge on any atom is 0.328 e. The number of imidazole rings is 1. The zero-order valence-corrected chi connectivity index (χ0v) is 12.5. The quantitative estimate of drug-likeness (QED) is 0.778. The number of ether oxygens (including phenoxy) is 1. The van der Waals surface area contributed by atoms with E-state index in [0.29, 0.717) is 0 Å². The van der Waals surface area contributed by atoms with Crippen LogP contribution < -0.4 is 11.0 Å². The molecule has 2 aromatic rings. The van der Waals surface area contributed by atoms with Crippen molar-refractivity contribution in [2.24, 2.45) is 14.1 Å². The Morgan fingerprint density at radius 1 is 1.20 bits per heavy atom. The van der Waals surface area contributed by atoms with Crippen LogP contribution in [0.1, 0.15) is 18.9 Å². The molecule has 0 amide bonds. The van der Waals surface area contributed by atoms with Gasteiger partial charge >= 0.3 is 5.69 Å². The first kappa shape index (κ1) is 14.8.